The SMILES string of the molecule is CCCCCCCCCCN1C(=O)C(SCc2ccccc2)=C(c2ccc(F)cc2)C1=O. The lowest BCUT2D eigenvalue weighted by atomic mass is 10.1. The molecule has 0 aliphatic carbocycles. The van der Waals surface area contributed by atoms with Crippen LogP contribution in [0.15, 0.2) is 59.5 Å². The van der Waals surface area contributed by atoms with Crippen LogP contribution in [0.25, 0.3) is 5.57 Å². The standard InChI is InChI=1S/C27H32FNO2S/c1-2-3-4-5-6-7-8-12-19-29-26(30)24(22-15-17-23(28)18-16-22)25(27(29)31)32-20-21-13-10-9-11-14-21/h9-11,13-18H,2-8,12,19-20H2,1H3. The highest BCUT2D eigenvalue weighted by Gasteiger charge is 2.38. The topological polar surface area (TPSA) is 37.4 Å². The largest absolute Gasteiger partial charge is 0.274 e. The van der Waals surface area contributed by atoms with Crippen molar-refractivity contribution in [2.75, 3.05) is 6.54 Å². The Hall–Kier alpha value is -2.40. The first-order chi connectivity index (χ1) is 15.6. The number of hydrogen-bond donors (Lipinski definition) is 0. The van der Waals surface area contributed by atoms with Crippen LogP contribution in [0.3, 0.4) is 0 Å². The van der Waals surface area contributed by atoms with Gasteiger partial charge in [-0.1, -0.05) is 94.3 Å². The minimum Gasteiger partial charge on any atom is -0.274 e. The molecule has 2 aromatic carbocycles. The second-order valence-electron chi connectivity index (χ2n) is 8.22. The number of thioether (sulfide) groups is 1. The fourth-order valence-electron chi connectivity index (χ4n) is 3.90. The third-order valence-electron chi connectivity index (χ3n) is 5.72. The summed E-state index contributed by atoms with van der Waals surface area (Å²) < 4.78 is 13.4. The maximum Gasteiger partial charge on any atom is 0.267 e. The summed E-state index contributed by atoms with van der Waals surface area (Å²) >= 11 is 1.39. The van der Waals surface area contributed by atoms with E-state index in [4.69, 9.17) is 0 Å². The van der Waals surface area contributed by atoms with Gasteiger partial charge in [0, 0.05) is 12.3 Å². The van der Waals surface area contributed by atoms with E-state index in [0.29, 0.717) is 28.3 Å². The highest BCUT2D eigenvalue weighted by Crippen LogP contribution is 2.37. The second-order valence-corrected chi connectivity index (χ2v) is 9.21. The van der Waals surface area contributed by atoms with E-state index in [1.807, 2.05) is 30.3 Å². The summed E-state index contributed by atoms with van der Waals surface area (Å²) in [5, 5.41) is 0. The highest BCUT2D eigenvalue weighted by molar-refractivity contribution is 8.03. The van der Waals surface area contributed by atoms with Gasteiger partial charge in [0.15, 0.2) is 0 Å². The van der Waals surface area contributed by atoms with Crippen molar-refractivity contribution in [2.45, 2.75) is 64.0 Å². The Balaban J connectivity index is 1.65. The molecule has 0 N–H and O–H groups in total. The Morgan fingerprint density at radius 3 is 2.06 bits per heavy atom. The van der Waals surface area contributed by atoms with Crippen molar-refractivity contribution in [1.29, 1.82) is 0 Å². The van der Waals surface area contributed by atoms with Gasteiger partial charge in [-0.15, -0.1) is 11.8 Å². The lowest BCUT2D eigenvalue weighted by Crippen LogP contribution is -2.32. The molecule has 0 unspecified atom stereocenters. The maximum absolute atomic E-state index is 13.4. The van der Waals surface area contributed by atoms with E-state index < -0.39 is 0 Å². The van der Waals surface area contributed by atoms with Gasteiger partial charge in [0.25, 0.3) is 11.8 Å². The molecule has 0 saturated carbocycles. The Morgan fingerprint density at radius 2 is 1.41 bits per heavy atom. The van der Waals surface area contributed by atoms with E-state index in [1.165, 1.54) is 60.9 Å². The van der Waals surface area contributed by atoms with Crippen LogP contribution in [0.5, 0.6) is 0 Å². The van der Waals surface area contributed by atoms with Crippen molar-refractivity contribution >= 4 is 29.1 Å². The zero-order chi connectivity index (χ0) is 22.8. The molecule has 3 rings (SSSR count). The predicted molar refractivity (Wildman–Crippen MR) is 130 cm³/mol. The van der Waals surface area contributed by atoms with Crippen molar-refractivity contribution in [3.63, 3.8) is 0 Å². The first-order valence-corrected chi connectivity index (χ1v) is 12.6. The summed E-state index contributed by atoms with van der Waals surface area (Å²) in [5.41, 5.74) is 2.08. The summed E-state index contributed by atoms with van der Waals surface area (Å²) in [6.45, 7) is 2.65. The molecule has 0 radical (unpaired) electrons. The average molecular weight is 454 g/mol. The molecule has 0 atom stereocenters. The summed E-state index contributed by atoms with van der Waals surface area (Å²) in [6, 6.07) is 15.7. The summed E-state index contributed by atoms with van der Waals surface area (Å²) in [5.74, 6) is -0.246. The molecule has 0 fully saturated rings. The molecule has 0 bridgehead atoms. The fraction of sp³-hybridized carbons (Fsp3) is 0.407. The van der Waals surface area contributed by atoms with Crippen LogP contribution in [0.2, 0.25) is 0 Å². The van der Waals surface area contributed by atoms with Crippen molar-refractivity contribution in [3.8, 4) is 0 Å². The molecular weight excluding hydrogens is 421 g/mol. The van der Waals surface area contributed by atoms with Crippen LogP contribution in [0.4, 0.5) is 4.39 Å². The first-order valence-electron chi connectivity index (χ1n) is 11.6. The Bertz CT molecular complexity index is 924. The summed E-state index contributed by atoms with van der Waals surface area (Å²) in [7, 11) is 0. The number of imide groups is 1. The molecule has 32 heavy (non-hydrogen) atoms. The van der Waals surface area contributed by atoms with Crippen molar-refractivity contribution < 1.29 is 14.0 Å². The average Bonchev–Trinajstić information content (AvgIpc) is 3.04. The van der Waals surface area contributed by atoms with Gasteiger partial charge in [0.2, 0.25) is 0 Å². The van der Waals surface area contributed by atoms with Gasteiger partial charge in [0.05, 0.1) is 10.5 Å². The number of rotatable bonds is 13. The zero-order valence-electron chi connectivity index (χ0n) is 18.8. The van der Waals surface area contributed by atoms with E-state index in [0.717, 1.165) is 24.8 Å². The Kier molecular flexibility index (Phi) is 9.54. The van der Waals surface area contributed by atoms with Crippen LogP contribution in [-0.4, -0.2) is 23.3 Å². The van der Waals surface area contributed by atoms with Gasteiger partial charge in [-0.25, -0.2) is 4.39 Å². The fourth-order valence-corrected chi connectivity index (χ4v) is 4.98. The quantitative estimate of drug-likeness (QED) is 0.242. The molecule has 2 aromatic rings. The third-order valence-corrected chi connectivity index (χ3v) is 6.86. The Labute approximate surface area is 195 Å². The van der Waals surface area contributed by atoms with E-state index in [1.54, 1.807) is 12.1 Å². The molecular formula is C27H32FNO2S. The molecule has 0 spiro atoms. The predicted octanol–water partition coefficient (Wildman–Crippen LogP) is 6.98. The maximum atomic E-state index is 13.4. The van der Waals surface area contributed by atoms with Crippen molar-refractivity contribution in [2.24, 2.45) is 0 Å². The number of amides is 2. The summed E-state index contributed by atoms with van der Waals surface area (Å²) in [6.07, 6.45) is 9.25. The van der Waals surface area contributed by atoms with Crippen molar-refractivity contribution in [1.82, 2.24) is 4.90 Å². The zero-order valence-corrected chi connectivity index (χ0v) is 19.6. The van der Waals surface area contributed by atoms with E-state index in [9.17, 15) is 14.0 Å². The molecule has 1 aliphatic rings. The number of hydrogen-bond acceptors (Lipinski definition) is 3. The van der Waals surface area contributed by atoms with Gasteiger partial charge >= 0.3 is 0 Å². The molecule has 5 heteroatoms. The monoisotopic (exact) mass is 453 g/mol. The highest BCUT2D eigenvalue weighted by atomic mass is 32.2. The third kappa shape index (κ3) is 6.55. The molecule has 1 heterocycles. The van der Waals surface area contributed by atoms with E-state index in [-0.39, 0.29) is 17.6 Å². The van der Waals surface area contributed by atoms with Crippen molar-refractivity contribution in [3.05, 3.63) is 76.4 Å². The normalized spacial score (nSPS) is 14.0. The van der Waals surface area contributed by atoms with Gasteiger partial charge in [0.1, 0.15) is 5.82 Å². The van der Waals surface area contributed by atoms with Gasteiger partial charge in [-0.2, -0.15) is 0 Å². The van der Waals surface area contributed by atoms with Gasteiger partial charge in [-0.3, -0.25) is 14.5 Å². The van der Waals surface area contributed by atoms with Crippen LogP contribution >= 0.6 is 11.8 Å². The Morgan fingerprint density at radius 1 is 0.781 bits per heavy atom. The van der Waals surface area contributed by atoms with Crippen LogP contribution in [0.1, 0.15) is 69.4 Å². The number of halogens is 1. The molecule has 0 saturated heterocycles. The summed E-state index contributed by atoms with van der Waals surface area (Å²) in [4.78, 5) is 28.2. The van der Waals surface area contributed by atoms with Crippen LogP contribution in [-0.2, 0) is 15.3 Å². The number of carbonyl (C=O) groups excluding carboxylic acids is 2. The molecule has 0 aromatic heterocycles. The van der Waals surface area contributed by atoms with E-state index in [2.05, 4.69) is 6.92 Å². The smallest absolute Gasteiger partial charge is 0.267 e. The molecule has 2 amide bonds. The van der Waals surface area contributed by atoms with Crippen LogP contribution in [0, 0.1) is 5.82 Å². The lowest BCUT2D eigenvalue weighted by molar-refractivity contribution is -0.136. The molecule has 170 valence electrons. The second kappa shape index (κ2) is 12.6. The lowest BCUT2D eigenvalue weighted by Gasteiger charge is -2.15. The number of carbonyl (C=O) groups is 2. The first kappa shape index (κ1) is 24.2. The van der Waals surface area contributed by atoms with Crippen LogP contribution < -0.4 is 0 Å². The molecule has 1 aliphatic heterocycles. The number of unbranched alkanes of at least 4 members (excludes halogenated alkanes) is 7. The number of benzene rings is 2. The van der Waals surface area contributed by atoms with Gasteiger partial charge in [-0.05, 0) is 29.7 Å². The minimum absolute atomic E-state index is 0.224. The van der Waals surface area contributed by atoms with E-state index >= 15 is 0 Å². The minimum atomic E-state index is -0.361. The molecule has 3 nitrogen and oxygen atoms in total. The number of nitrogens with zero attached hydrogens (tertiary/aromatic N) is 1. The van der Waals surface area contributed by atoms with Gasteiger partial charge < -0.3 is 0 Å².